The van der Waals surface area contributed by atoms with Gasteiger partial charge in [-0.3, -0.25) is 18.5 Å². The third-order valence-corrected chi connectivity index (χ3v) is 8.40. The first-order valence-electron chi connectivity index (χ1n) is 13.1. The lowest BCUT2D eigenvalue weighted by Gasteiger charge is -2.20. The van der Waals surface area contributed by atoms with Crippen LogP contribution in [0, 0.1) is 11.6 Å². The highest BCUT2D eigenvalue weighted by molar-refractivity contribution is 7.92. The Bertz CT molecular complexity index is 2280. The minimum Gasteiger partial charge on any atom is -0.455 e. The summed E-state index contributed by atoms with van der Waals surface area (Å²) in [5.41, 5.74) is 1.46. The number of nitrogens with zero attached hydrogens (tertiary/aromatic N) is 4. The number of hydrogen-bond donors (Lipinski definition) is 1. The molecule has 0 spiro atoms. The van der Waals surface area contributed by atoms with Crippen LogP contribution >= 0.6 is 0 Å². The molecule has 222 valence electrons. The van der Waals surface area contributed by atoms with Crippen LogP contribution in [0.15, 0.2) is 88.5 Å². The molecule has 0 unspecified atom stereocenters. The highest BCUT2D eigenvalue weighted by Gasteiger charge is 2.26. The lowest BCUT2D eigenvalue weighted by molar-refractivity contribution is 0.0964. The van der Waals surface area contributed by atoms with E-state index in [4.69, 9.17) is 4.42 Å². The summed E-state index contributed by atoms with van der Waals surface area (Å²) in [5.74, 6) is -1.34. The summed E-state index contributed by atoms with van der Waals surface area (Å²) >= 11 is 0. The van der Waals surface area contributed by atoms with E-state index in [1.54, 1.807) is 12.1 Å². The average Bonchev–Trinajstić information content (AvgIpc) is 3.38. The highest BCUT2D eigenvalue weighted by Crippen LogP contribution is 2.41. The van der Waals surface area contributed by atoms with Crippen LogP contribution < -0.4 is 15.2 Å². The number of sulfonamides is 1. The maximum atomic E-state index is 13.9. The van der Waals surface area contributed by atoms with E-state index in [2.05, 4.69) is 15.3 Å². The first-order chi connectivity index (χ1) is 21.0. The predicted molar refractivity (Wildman–Crippen MR) is 162 cm³/mol. The molecule has 0 aliphatic carbocycles. The van der Waals surface area contributed by atoms with Crippen molar-refractivity contribution >= 4 is 43.6 Å². The van der Waals surface area contributed by atoms with Crippen LogP contribution in [-0.2, 0) is 10.0 Å². The van der Waals surface area contributed by atoms with Gasteiger partial charge in [0.1, 0.15) is 29.3 Å². The molecule has 13 heteroatoms. The van der Waals surface area contributed by atoms with Crippen LogP contribution in [0.2, 0.25) is 0 Å². The molecule has 0 saturated carbocycles. The maximum absolute atomic E-state index is 13.9. The number of aromatic nitrogens is 3. The number of hydrogen-bond acceptors (Lipinski definition) is 7. The fraction of sp³-hybridized carbons (Fsp3) is 0.0968. The molecule has 3 heterocycles. The van der Waals surface area contributed by atoms with Crippen molar-refractivity contribution in [1.29, 1.82) is 0 Å². The van der Waals surface area contributed by atoms with Gasteiger partial charge in [0.15, 0.2) is 5.65 Å². The number of halogens is 2. The fourth-order valence-electron chi connectivity index (χ4n) is 4.93. The Kier molecular flexibility index (Phi) is 6.97. The molecule has 0 bridgehead atoms. The van der Waals surface area contributed by atoms with Gasteiger partial charge in [-0.2, -0.15) is 0 Å². The lowest BCUT2D eigenvalue weighted by atomic mass is 9.99. The van der Waals surface area contributed by atoms with Gasteiger partial charge >= 0.3 is 0 Å². The van der Waals surface area contributed by atoms with Crippen LogP contribution in [0.3, 0.4) is 0 Å². The van der Waals surface area contributed by atoms with Gasteiger partial charge in [0.2, 0.25) is 10.0 Å². The molecule has 0 radical (unpaired) electrons. The van der Waals surface area contributed by atoms with Crippen molar-refractivity contribution in [1.82, 2.24) is 19.9 Å². The van der Waals surface area contributed by atoms with Crippen LogP contribution in [0.4, 0.5) is 14.5 Å². The van der Waals surface area contributed by atoms with Crippen molar-refractivity contribution in [2.24, 2.45) is 0 Å². The maximum Gasteiger partial charge on any atom is 0.267 e. The molecule has 1 amide bonds. The Hall–Kier alpha value is -5.43. The summed E-state index contributed by atoms with van der Waals surface area (Å²) in [4.78, 5) is 35.3. The molecule has 0 fully saturated rings. The molecular formula is C31H23F2N5O5S. The van der Waals surface area contributed by atoms with Gasteiger partial charge in [-0.15, -0.1) is 0 Å². The van der Waals surface area contributed by atoms with Gasteiger partial charge in [-0.05, 0) is 54.6 Å². The normalized spacial score (nSPS) is 11.7. The summed E-state index contributed by atoms with van der Waals surface area (Å²) in [6.45, 7) is 0. The van der Waals surface area contributed by atoms with Gasteiger partial charge in [-0.1, -0.05) is 6.07 Å². The van der Waals surface area contributed by atoms with Crippen molar-refractivity contribution < 1.29 is 26.4 Å². The highest BCUT2D eigenvalue weighted by atomic mass is 32.2. The molecule has 1 N–H and O–H groups in total. The van der Waals surface area contributed by atoms with E-state index < -0.39 is 33.1 Å². The van der Waals surface area contributed by atoms with E-state index in [-0.39, 0.29) is 39.3 Å². The van der Waals surface area contributed by atoms with Gasteiger partial charge in [-0.25, -0.2) is 27.2 Å². The minimum absolute atomic E-state index is 0.0908. The first kappa shape index (κ1) is 28.7. The molecule has 3 aromatic carbocycles. The fourth-order valence-corrected chi connectivity index (χ4v) is 5.44. The smallest absolute Gasteiger partial charge is 0.267 e. The van der Waals surface area contributed by atoms with Crippen LogP contribution in [0.5, 0.6) is 0 Å². The second-order valence-corrected chi connectivity index (χ2v) is 12.0. The van der Waals surface area contributed by atoms with Crippen LogP contribution in [-0.4, -0.2) is 49.2 Å². The topological polar surface area (TPSA) is 127 Å². The Labute approximate surface area is 249 Å². The lowest BCUT2D eigenvalue weighted by Crippen LogP contribution is -2.25. The zero-order valence-electron chi connectivity index (χ0n) is 23.5. The standard InChI is InChI=1S/C31H23F2N5O5S/c1-34-30(39)27-23-13-22(18-11-24-29(35-15-18)36-16-38(31(24)40)21-6-4-5-20(33)12-21)25(37(2)44(3,41)42)14-26(23)43-28(27)17-7-9-19(32)10-8-17/h4-16H,1-3H3,(H,34,39). The van der Waals surface area contributed by atoms with Gasteiger partial charge in [0, 0.05) is 48.4 Å². The monoisotopic (exact) mass is 615 g/mol. The molecular weight excluding hydrogens is 592 g/mol. The summed E-state index contributed by atoms with van der Waals surface area (Å²) in [5, 5.41) is 3.02. The number of pyridine rings is 1. The number of benzene rings is 3. The average molecular weight is 616 g/mol. The third-order valence-electron chi connectivity index (χ3n) is 7.21. The minimum atomic E-state index is -3.80. The van der Waals surface area contributed by atoms with E-state index >= 15 is 0 Å². The second-order valence-electron chi connectivity index (χ2n) is 9.98. The zero-order chi connectivity index (χ0) is 31.3. The van der Waals surface area contributed by atoms with E-state index in [1.165, 1.54) is 85.8 Å². The Morgan fingerprint density at radius 1 is 0.955 bits per heavy atom. The number of carbonyl (C=O) groups is 1. The van der Waals surface area contributed by atoms with E-state index in [0.29, 0.717) is 22.1 Å². The number of carbonyl (C=O) groups excluding carboxylic acids is 1. The number of nitrogens with one attached hydrogen (secondary N) is 1. The summed E-state index contributed by atoms with van der Waals surface area (Å²) < 4.78 is 61.3. The predicted octanol–water partition coefficient (Wildman–Crippen LogP) is 4.89. The quantitative estimate of drug-likeness (QED) is 0.283. The summed E-state index contributed by atoms with van der Waals surface area (Å²) in [6.07, 6.45) is 3.71. The zero-order valence-corrected chi connectivity index (χ0v) is 24.3. The number of furan rings is 1. The molecule has 3 aromatic heterocycles. The summed E-state index contributed by atoms with van der Waals surface area (Å²) in [6, 6.07) is 15.4. The molecule has 10 nitrogen and oxygen atoms in total. The molecule has 0 aliphatic heterocycles. The van der Waals surface area contributed by atoms with Crippen molar-refractivity contribution in [3.8, 4) is 28.1 Å². The first-order valence-corrected chi connectivity index (χ1v) is 15.0. The van der Waals surface area contributed by atoms with Crippen LogP contribution in [0.1, 0.15) is 10.4 Å². The number of rotatable bonds is 6. The van der Waals surface area contributed by atoms with Gasteiger partial charge in [0.25, 0.3) is 11.5 Å². The Balaban J connectivity index is 1.64. The van der Waals surface area contributed by atoms with Crippen molar-refractivity contribution in [3.05, 3.63) is 107 Å². The third kappa shape index (κ3) is 4.96. The van der Waals surface area contributed by atoms with Crippen molar-refractivity contribution in [2.75, 3.05) is 24.7 Å². The Morgan fingerprint density at radius 2 is 1.70 bits per heavy atom. The summed E-state index contributed by atoms with van der Waals surface area (Å²) in [7, 11) is -0.989. The molecule has 0 saturated heterocycles. The molecule has 44 heavy (non-hydrogen) atoms. The molecule has 0 atom stereocenters. The number of anilines is 1. The van der Waals surface area contributed by atoms with Crippen LogP contribution in [0.25, 0.3) is 50.1 Å². The Morgan fingerprint density at radius 3 is 2.39 bits per heavy atom. The van der Waals surface area contributed by atoms with E-state index in [0.717, 1.165) is 10.6 Å². The van der Waals surface area contributed by atoms with E-state index in [1.807, 2.05) is 0 Å². The SMILES string of the molecule is CNC(=O)c1c(-c2ccc(F)cc2)oc2cc(N(C)S(C)(=O)=O)c(-c3cnc4ncn(-c5cccc(F)c5)c(=O)c4c3)cc12. The number of fused-ring (bicyclic) bond motifs is 2. The molecule has 0 aliphatic rings. The van der Waals surface area contributed by atoms with E-state index in [9.17, 15) is 26.8 Å². The molecule has 6 aromatic rings. The number of amides is 1. The molecule has 6 rings (SSSR count). The largest absolute Gasteiger partial charge is 0.455 e. The van der Waals surface area contributed by atoms with Gasteiger partial charge < -0.3 is 9.73 Å². The van der Waals surface area contributed by atoms with Crippen molar-refractivity contribution in [2.45, 2.75) is 0 Å². The second kappa shape index (κ2) is 10.7. The van der Waals surface area contributed by atoms with Crippen molar-refractivity contribution in [3.63, 3.8) is 0 Å². The van der Waals surface area contributed by atoms with Gasteiger partial charge in [0.05, 0.1) is 28.6 Å².